The summed E-state index contributed by atoms with van der Waals surface area (Å²) in [5, 5.41) is 0. The first-order chi connectivity index (χ1) is 8.38. The molecule has 0 N–H and O–H groups in total. The Kier molecular flexibility index (Phi) is 2.57. The molecule has 1 aromatic heterocycles. The van der Waals surface area contributed by atoms with Crippen LogP contribution in [0.1, 0.15) is 5.56 Å². The molecule has 0 bridgehead atoms. The zero-order valence-corrected chi connectivity index (χ0v) is 9.93. The van der Waals surface area contributed by atoms with Gasteiger partial charge >= 0.3 is 0 Å². The molecular weight excluding hydrogens is 232 g/mol. The number of aromatic nitrogens is 2. The van der Waals surface area contributed by atoms with Gasteiger partial charge in [0, 0.05) is 11.6 Å². The van der Waals surface area contributed by atoms with E-state index in [0.29, 0.717) is 5.88 Å². The maximum Gasteiger partial charge on any atom is 0.100 e. The van der Waals surface area contributed by atoms with Crippen molar-refractivity contribution in [1.29, 1.82) is 0 Å². The monoisotopic (exact) mass is 242 g/mol. The number of benzene rings is 2. The number of fused-ring (bicyclic) bond motifs is 1. The molecule has 0 aliphatic carbocycles. The Morgan fingerprint density at radius 3 is 2.53 bits per heavy atom. The largest absolute Gasteiger partial charge is 0.299 e. The summed E-state index contributed by atoms with van der Waals surface area (Å²) in [6.07, 6.45) is 1.85. The van der Waals surface area contributed by atoms with Crippen LogP contribution in [0.3, 0.4) is 0 Å². The summed E-state index contributed by atoms with van der Waals surface area (Å²) in [5.41, 5.74) is 4.35. The lowest BCUT2D eigenvalue weighted by atomic mass is 10.2. The molecule has 0 atom stereocenters. The predicted molar refractivity (Wildman–Crippen MR) is 70.6 cm³/mol. The number of alkyl halides is 1. The third kappa shape index (κ3) is 1.81. The molecule has 0 spiro atoms. The minimum absolute atomic E-state index is 0.547. The highest BCUT2D eigenvalue weighted by Gasteiger charge is 2.03. The second-order valence-electron chi connectivity index (χ2n) is 3.90. The Morgan fingerprint density at radius 2 is 1.76 bits per heavy atom. The van der Waals surface area contributed by atoms with Crippen LogP contribution in [-0.4, -0.2) is 9.55 Å². The van der Waals surface area contributed by atoms with Gasteiger partial charge in [-0.2, -0.15) is 0 Å². The molecule has 17 heavy (non-hydrogen) atoms. The number of halogens is 1. The van der Waals surface area contributed by atoms with E-state index in [1.807, 2.05) is 36.7 Å². The van der Waals surface area contributed by atoms with Crippen molar-refractivity contribution >= 4 is 22.6 Å². The molecular formula is C14H11ClN2. The van der Waals surface area contributed by atoms with Crippen LogP contribution in [0.15, 0.2) is 54.9 Å². The van der Waals surface area contributed by atoms with E-state index in [9.17, 15) is 0 Å². The van der Waals surface area contributed by atoms with Crippen LogP contribution in [-0.2, 0) is 5.88 Å². The van der Waals surface area contributed by atoms with Gasteiger partial charge in [0.2, 0.25) is 0 Å². The fourth-order valence-electron chi connectivity index (χ4n) is 1.91. The van der Waals surface area contributed by atoms with Crippen molar-refractivity contribution in [2.75, 3.05) is 0 Å². The third-order valence-corrected chi connectivity index (χ3v) is 3.13. The van der Waals surface area contributed by atoms with Gasteiger partial charge in [0.25, 0.3) is 0 Å². The van der Waals surface area contributed by atoms with Crippen molar-refractivity contribution in [3.63, 3.8) is 0 Å². The SMILES string of the molecule is ClCc1ccc(-n2cnc3ccccc32)cc1. The highest BCUT2D eigenvalue weighted by Crippen LogP contribution is 2.18. The first-order valence-electron chi connectivity index (χ1n) is 5.46. The maximum absolute atomic E-state index is 5.78. The molecule has 84 valence electrons. The predicted octanol–water partition coefficient (Wildman–Crippen LogP) is 3.76. The minimum Gasteiger partial charge on any atom is -0.299 e. The van der Waals surface area contributed by atoms with E-state index >= 15 is 0 Å². The zero-order chi connectivity index (χ0) is 11.7. The van der Waals surface area contributed by atoms with Crippen molar-refractivity contribution in [1.82, 2.24) is 9.55 Å². The third-order valence-electron chi connectivity index (χ3n) is 2.82. The fraction of sp³-hybridized carbons (Fsp3) is 0.0714. The molecule has 0 unspecified atom stereocenters. The summed E-state index contributed by atoms with van der Waals surface area (Å²) in [6.45, 7) is 0. The van der Waals surface area contributed by atoms with E-state index in [1.165, 1.54) is 0 Å². The normalized spacial score (nSPS) is 10.9. The van der Waals surface area contributed by atoms with Crippen LogP contribution in [0.5, 0.6) is 0 Å². The lowest BCUT2D eigenvalue weighted by Gasteiger charge is -2.04. The zero-order valence-electron chi connectivity index (χ0n) is 9.18. The van der Waals surface area contributed by atoms with Gasteiger partial charge in [-0.1, -0.05) is 24.3 Å². The summed E-state index contributed by atoms with van der Waals surface area (Å²) in [7, 11) is 0. The number of rotatable bonds is 2. The Hall–Kier alpha value is -1.80. The summed E-state index contributed by atoms with van der Waals surface area (Å²) >= 11 is 5.78. The van der Waals surface area contributed by atoms with E-state index in [1.54, 1.807) is 0 Å². The molecule has 1 heterocycles. The van der Waals surface area contributed by atoms with Crippen LogP contribution in [0, 0.1) is 0 Å². The molecule has 3 aromatic rings. The van der Waals surface area contributed by atoms with Crippen LogP contribution in [0.4, 0.5) is 0 Å². The first kappa shape index (κ1) is 10.4. The van der Waals surface area contributed by atoms with Crippen molar-refractivity contribution in [2.24, 2.45) is 0 Å². The summed E-state index contributed by atoms with van der Waals surface area (Å²) < 4.78 is 2.08. The first-order valence-corrected chi connectivity index (χ1v) is 5.99. The topological polar surface area (TPSA) is 17.8 Å². The Morgan fingerprint density at radius 1 is 1.00 bits per heavy atom. The van der Waals surface area contributed by atoms with Gasteiger partial charge in [-0.3, -0.25) is 4.57 Å². The molecule has 0 saturated carbocycles. The van der Waals surface area contributed by atoms with Gasteiger partial charge in [-0.05, 0) is 29.8 Å². The molecule has 0 aliphatic heterocycles. The summed E-state index contributed by atoms with van der Waals surface area (Å²) in [6, 6.07) is 16.3. The summed E-state index contributed by atoms with van der Waals surface area (Å²) in [5.74, 6) is 0.547. The van der Waals surface area contributed by atoms with Gasteiger partial charge in [0.15, 0.2) is 0 Å². The lowest BCUT2D eigenvalue weighted by Crippen LogP contribution is -1.91. The van der Waals surface area contributed by atoms with Crippen molar-refractivity contribution < 1.29 is 0 Å². The van der Waals surface area contributed by atoms with Gasteiger partial charge < -0.3 is 0 Å². The average Bonchev–Trinajstić information content (AvgIpc) is 2.83. The second-order valence-corrected chi connectivity index (χ2v) is 4.17. The van der Waals surface area contributed by atoms with Gasteiger partial charge in [0.05, 0.1) is 11.0 Å². The maximum atomic E-state index is 5.78. The van der Waals surface area contributed by atoms with E-state index in [-0.39, 0.29) is 0 Å². The van der Waals surface area contributed by atoms with Crippen LogP contribution in [0.2, 0.25) is 0 Å². The minimum atomic E-state index is 0.547. The Bertz CT molecular complexity index is 641. The highest BCUT2D eigenvalue weighted by molar-refractivity contribution is 6.17. The highest BCUT2D eigenvalue weighted by atomic mass is 35.5. The van der Waals surface area contributed by atoms with Crippen LogP contribution in [0.25, 0.3) is 16.7 Å². The Labute approximate surface area is 104 Å². The molecule has 3 heteroatoms. The van der Waals surface area contributed by atoms with Crippen LogP contribution < -0.4 is 0 Å². The molecule has 0 radical (unpaired) electrons. The quantitative estimate of drug-likeness (QED) is 0.626. The van der Waals surface area contributed by atoms with Gasteiger partial charge in [0.1, 0.15) is 6.33 Å². The van der Waals surface area contributed by atoms with Crippen molar-refractivity contribution in [2.45, 2.75) is 5.88 Å². The van der Waals surface area contributed by atoms with Gasteiger partial charge in [-0.15, -0.1) is 11.6 Å². The standard InChI is InChI=1S/C14H11ClN2/c15-9-11-5-7-12(8-6-11)17-10-16-13-3-1-2-4-14(13)17/h1-8,10H,9H2. The van der Waals surface area contributed by atoms with Crippen molar-refractivity contribution in [3.8, 4) is 5.69 Å². The van der Waals surface area contributed by atoms with E-state index in [0.717, 1.165) is 22.3 Å². The van der Waals surface area contributed by atoms with E-state index in [2.05, 4.69) is 27.8 Å². The average molecular weight is 243 g/mol. The number of nitrogens with zero attached hydrogens (tertiary/aromatic N) is 2. The Balaban J connectivity index is 2.13. The van der Waals surface area contributed by atoms with E-state index in [4.69, 9.17) is 11.6 Å². The molecule has 2 aromatic carbocycles. The van der Waals surface area contributed by atoms with Gasteiger partial charge in [-0.25, -0.2) is 4.98 Å². The number of hydrogen-bond acceptors (Lipinski definition) is 1. The van der Waals surface area contributed by atoms with Crippen molar-refractivity contribution in [3.05, 3.63) is 60.4 Å². The van der Waals surface area contributed by atoms with Crippen LogP contribution >= 0.6 is 11.6 Å². The summed E-state index contributed by atoms with van der Waals surface area (Å²) in [4.78, 5) is 4.37. The number of para-hydroxylation sites is 2. The van der Waals surface area contributed by atoms with E-state index < -0.39 is 0 Å². The number of hydrogen-bond donors (Lipinski definition) is 0. The molecule has 0 fully saturated rings. The molecule has 0 amide bonds. The molecule has 3 rings (SSSR count). The molecule has 2 nitrogen and oxygen atoms in total. The second kappa shape index (κ2) is 4.22. The smallest absolute Gasteiger partial charge is 0.100 e. The number of imidazole rings is 1. The lowest BCUT2D eigenvalue weighted by molar-refractivity contribution is 1.09. The molecule has 0 saturated heterocycles. The fourth-order valence-corrected chi connectivity index (χ4v) is 2.09. The molecule has 0 aliphatic rings.